The minimum Gasteiger partial charge on any atom is -0.397 e. The zero-order valence-corrected chi connectivity index (χ0v) is 12.0. The molecule has 0 saturated carbocycles. The van der Waals surface area contributed by atoms with E-state index in [-0.39, 0.29) is 5.91 Å². The van der Waals surface area contributed by atoms with Gasteiger partial charge in [-0.1, -0.05) is 15.9 Å². The molecule has 0 bridgehead atoms. The quantitative estimate of drug-likeness (QED) is 0.760. The molecule has 2 aromatic rings. The van der Waals surface area contributed by atoms with E-state index in [1.54, 1.807) is 25.2 Å². The van der Waals surface area contributed by atoms with Gasteiger partial charge in [-0.3, -0.25) is 4.79 Å². The Morgan fingerprint density at radius 3 is 2.47 bits per heavy atom. The Labute approximate surface area is 120 Å². The molecular weight excluding hydrogens is 306 g/mol. The van der Waals surface area contributed by atoms with Crippen molar-refractivity contribution in [3.8, 4) is 0 Å². The fourth-order valence-corrected chi connectivity index (χ4v) is 1.91. The van der Waals surface area contributed by atoms with Gasteiger partial charge in [0.25, 0.3) is 5.91 Å². The molecule has 0 radical (unpaired) electrons. The van der Waals surface area contributed by atoms with Gasteiger partial charge in [-0.25, -0.2) is 0 Å². The second-order valence-electron chi connectivity index (χ2n) is 4.01. The van der Waals surface area contributed by atoms with E-state index in [0.717, 1.165) is 15.8 Å². The standard InChI is InChI=1S/C14H14BrN3O/c1-17-13-8-9(2-7-12(13)16)14(19)18-11-5-3-10(15)4-6-11/h2-8,17H,16H2,1H3,(H,18,19). The number of nitrogen functional groups attached to an aromatic ring is 1. The van der Waals surface area contributed by atoms with Crippen LogP contribution in [0.4, 0.5) is 17.1 Å². The highest BCUT2D eigenvalue weighted by molar-refractivity contribution is 9.10. The van der Waals surface area contributed by atoms with Gasteiger partial charge in [-0.15, -0.1) is 0 Å². The Balaban J connectivity index is 2.18. The van der Waals surface area contributed by atoms with Gasteiger partial charge in [0.15, 0.2) is 0 Å². The van der Waals surface area contributed by atoms with Gasteiger partial charge >= 0.3 is 0 Å². The molecule has 0 fully saturated rings. The first-order chi connectivity index (χ1) is 9.10. The molecule has 4 N–H and O–H groups in total. The van der Waals surface area contributed by atoms with E-state index in [0.29, 0.717) is 11.3 Å². The van der Waals surface area contributed by atoms with Gasteiger partial charge in [-0.2, -0.15) is 0 Å². The minimum atomic E-state index is -0.168. The molecular formula is C14H14BrN3O. The van der Waals surface area contributed by atoms with Crippen LogP contribution in [0.5, 0.6) is 0 Å². The highest BCUT2D eigenvalue weighted by atomic mass is 79.9. The van der Waals surface area contributed by atoms with E-state index in [9.17, 15) is 4.79 Å². The van der Waals surface area contributed by atoms with Crippen LogP contribution in [0.1, 0.15) is 10.4 Å². The second-order valence-corrected chi connectivity index (χ2v) is 4.93. The number of carbonyl (C=O) groups excluding carboxylic acids is 1. The van der Waals surface area contributed by atoms with E-state index in [4.69, 9.17) is 5.73 Å². The van der Waals surface area contributed by atoms with Crippen LogP contribution in [0.25, 0.3) is 0 Å². The predicted molar refractivity (Wildman–Crippen MR) is 82.5 cm³/mol. The Hall–Kier alpha value is -2.01. The normalized spacial score (nSPS) is 10.0. The van der Waals surface area contributed by atoms with Crippen molar-refractivity contribution < 1.29 is 4.79 Å². The average molecular weight is 320 g/mol. The van der Waals surface area contributed by atoms with Gasteiger partial charge in [0, 0.05) is 22.8 Å². The lowest BCUT2D eigenvalue weighted by Crippen LogP contribution is -2.12. The SMILES string of the molecule is CNc1cc(C(=O)Nc2ccc(Br)cc2)ccc1N. The number of rotatable bonds is 3. The van der Waals surface area contributed by atoms with Crippen molar-refractivity contribution >= 4 is 38.9 Å². The molecule has 19 heavy (non-hydrogen) atoms. The molecule has 0 aromatic heterocycles. The summed E-state index contributed by atoms with van der Waals surface area (Å²) in [5.41, 5.74) is 8.43. The molecule has 2 aromatic carbocycles. The topological polar surface area (TPSA) is 67.2 Å². The maximum Gasteiger partial charge on any atom is 0.255 e. The summed E-state index contributed by atoms with van der Waals surface area (Å²) in [6, 6.07) is 12.5. The number of benzene rings is 2. The zero-order valence-electron chi connectivity index (χ0n) is 10.4. The summed E-state index contributed by atoms with van der Waals surface area (Å²) in [6.07, 6.45) is 0. The van der Waals surface area contributed by atoms with Crippen LogP contribution in [0, 0.1) is 0 Å². The Kier molecular flexibility index (Phi) is 4.06. The van der Waals surface area contributed by atoms with Crippen LogP contribution < -0.4 is 16.4 Å². The fourth-order valence-electron chi connectivity index (χ4n) is 1.65. The first-order valence-electron chi connectivity index (χ1n) is 5.74. The molecule has 0 heterocycles. The highest BCUT2D eigenvalue weighted by Crippen LogP contribution is 2.20. The molecule has 4 nitrogen and oxygen atoms in total. The molecule has 0 atom stereocenters. The lowest BCUT2D eigenvalue weighted by Gasteiger charge is -2.09. The van der Waals surface area contributed by atoms with Crippen molar-refractivity contribution in [2.45, 2.75) is 0 Å². The number of nitrogens with one attached hydrogen (secondary N) is 2. The third-order valence-electron chi connectivity index (χ3n) is 2.69. The van der Waals surface area contributed by atoms with Crippen LogP contribution in [-0.2, 0) is 0 Å². The van der Waals surface area contributed by atoms with Crippen molar-refractivity contribution in [2.24, 2.45) is 0 Å². The van der Waals surface area contributed by atoms with Crippen molar-refractivity contribution in [1.82, 2.24) is 0 Å². The second kappa shape index (κ2) is 5.75. The van der Waals surface area contributed by atoms with E-state index in [2.05, 4.69) is 26.6 Å². The summed E-state index contributed by atoms with van der Waals surface area (Å²) in [4.78, 5) is 12.1. The largest absolute Gasteiger partial charge is 0.397 e. The molecule has 0 aliphatic carbocycles. The summed E-state index contributed by atoms with van der Waals surface area (Å²) >= 11 is 3.35. The van der Waals surface area contributed by atoms with Gasteiger partial charge in [0.05, 0.1) is 11.4 Å². The monoisotopic (exact) mass is 319 g/mol. The Morgan fingerprint density at radius 1 is 1.16 bits per heavy atom. The van der Waals surface area contributed by atoms with E-state index >= 15 is 0 Å². The van der Waals surface area contributed by atoms with E-state index in [1.165, 1.54) is 0 Å². The molecule has 0 aliphatic heterocycles. The molecule has 0 spiro atoms. The van der Waals surface area contributed by atoms with Crippen LogP contribution in [-0.4, -0.2) is 13.0 Å². The summed E-state index contributed by atoms with van der Waals surface area (Å²) in [6.45, 7) is 0. The number of anilines is 3. The zero-order chi connectivity index (χ0) is 13.8. The molecule has 2 rings (SSSR count). The van der Waals surface area contributed by atoms with Gasteiger partial charge in [-0.05, 0) is 42.5 Å². The smallest absolute Gasteiger partial charge is 0.255 e. The Morgan fingerprint density at radius 2 is 1.84 bits per heavy atom. The third kappa shape index (κ3) is 3.26. The van der Waals surface area contributed by atoms with Gasteiger partial charge in [0.1, 0.15) is 0 Å². The van der Waals surface area contributed by atoms with Crippen LogP contribution in [0.3, 0.4) is 0 Å². The van der Waals surface area contributed by atoms with Crippen molar-refractivity contribution in [1.29, 1.82) is 0 Å². The Bertz CT molecular complexity index is 596. The fraction of sp³-hybridized carbons (Fsp3) is 0.0714. The molecule has 5 heteroatoms. The number of hydrogen-bond acceptors (Lipinski definition) is 3. The first kappa shape index (κ1) is 13.4. The number of nitrogens with two attached hydrogens (primary N) is 1. The maximum atomic E-state index is 12.1. The maximum absolute atomic E-state index is 12.1. The molecule has 1 amide bonds. The number of halogens is 1. The lowest BCUT2D eigenvalue weighted by molar-refractivity contribution is 0.102. The summed E-state index contributed by atoms with van der Waals surface area (Å²) in [7, 11) is 1.77. The van der Waals surface area contributed by atoms with Crippen LogP contribution in [0.15, 0.2) is 46.9 Å². The van der Waals surface area contributed by atoms with Crippen molar-refractivity contribution in [2.75, 3.05) is 23.4 Å². The number of carbonyl (C=O) groups is 1. The summed E-state index contributed by atoms with van der Waals surface area (Å²) in [5.74, 6) is -0.168. The van der Waals surface area contributed by atoms with Crippen molar-refractivity contribution in [3.05, 3.63) is 52.5 Å². The highest BCUT2D eigenvalue weighted by Gasteiger charge is 2.08. The average Bonchev–Trinajstić information content (AvgIpc) is 2.42. The minimum absolute atomic E-state index is 0.168. The lowest BCUT2D eigenvalue weighted by atomic mass is 10.1. The van der Waals surface area contributed by atoms with E-state index < -0.39 is 0 Å². The predicted octanol–water partition coefficient (Wildman–Crippen LogP) is 3.33. The van der Waals surface area contributed by atoms with Gasteiger partial charge in [0.2, 0.25) is 0 Å². The number of amides is 1. The molecule has 0 unspecified atom stereocenters. The molecule has 98 valence electrons. The summed E-state index contributed by atoms with van der Waals surface area (Å²) < 4.78 is 0.968. The van der Waals surface area contributed by atoms with Crippen LogP contribution in [0.2, 0.25) is 0 Å². The molecule has 0 aliphatic rings. The number of hydrogen-bond donors (Lipinski definition) is 3. The van der Waals surface area contributed by atoms with Crippen LogP contribution >= 0.6 is 15.9 Å². The third-order valence-corrected chi connectivity index (χ3v) is 3.22. The van der Waals surface area contributed by atoms with E-state index in [1.807, 2.05) is 24.3 Å². The summed E-state index contributed by atoms with van der Waals surface area (Å²) in [5, 5.41) is 5.78. The van der Waals surface area contributed by atoms with Crippen molar-refractivity contribution in [3.63, 3.8) is 0 Å². The molecule has 0 saturated heterocycles. The first-order valence-corrected chi connectivity index (χ1v) is 6.53. The van der Waals surface area contributed by atoms with Gasteiger partial charge < -0.3 is 16.4 Å².